The van der Waals surface area contributed by atoms with Crippen molar-refractivity contribution in [1.29, 1.82) is 0 Å². The number of aryl methyl sites for hydroxylation is 1. The van der Waals surface area contributed by atoms with Crippen molar-refractivity contribution in [2.45, 2.75) is 30.9 Å². The summed E-state index contributed by atoms with van der Waals surface area (Å²) < 4.78 is 41.1. The van der Waals surface area contributed by atoms with Gasteiger partial charge in [-0.25, -0.2) is 18.6 Å². The van der Waals surface area contributed by atoms with Gasteiger partial charge in [0.2, 0.25) is 15.9 Å². The number of nitrogens with zero attached hydrogens (tertiary/aromatic N) is 1. The number of amides is 1. The van der Waals surface area contributed by atoms with Crippen molar-refractivity contribution < 1.29 is 22.7 Å². The largest absolute Gasteiger partial charge is 0.493 e. The van der Waals surface area contributed by atoms with Crippen molar-refractivity contribution in [3.8, 4) is 11.5 Å². The molecule has 1 atom stereocenters. The fourth-order valence-corrected chi connectivity index (χ4v) is 5.41. The molecule has 0 aliphatic rings. The van der Waals surface area contributed by atoms with E-state index in [2.05, 4.69) is 31.2 Å². The predicted octanol–water partition coefficient (Wildman–Crippen LogP) is 5.91. The van der Waals surface area contributed by atoms with E-state index in [4.69, 9.17) is 9.47 Å². The highest BCUT2D eigenvalue weighted by atomic mass is 79.9. The molecule has 0 radical (unpaired) electrons. The first-order valence-electron chi connectivity index (χ1n) is 12.7. The fraction of sp³-hybridized carbons (Fsp3) is 0.161. The van der Waals surface area contributed by atoms with Crippen LogP contribution in [0, 0.1) is 6.92 Å². The summed E-state index contributed by atoms with van der Waals surface area (Å²) in [6, 6.07) is 27.8. The number of carbonyl (C=O) groups excluding carboxylic acids is 1. The molecule has 0 unspecified atom stereocenters. The summed E-state index contributed by atoms with van der Waals surface area (Å²) in [7, 11) is -2.32. The lowest BCUT2D eigenvalue weighted by Gasteiger charge is -2.18. The maximum absolute atomic E-state index is 13.0. The maximum atomic E-state index is 13.0. The molecule has 212 valence electrons. The Bertz CT molecular complexity index is 1590. The molecule has 0 saturated heterocycles. The Hall–Kier alpha value is -3.99. The van der Waals surface area contributed by atoms with Crippen molar-refractivity contribution in [3.63, 3.8) is 0 Å². The van der Waals surface area contributed by atoms with E-state index in [-0.39, 0.29) is 11.3 Å². The van der Waals surface area contributed by atoms with Crippen LogP contribution in [0.3, 0.4) is 0 Å². The van der Waals surface area contributed by atoms with Gasteiger partial charge >= 0.3 is 0 Å². The van der Waals surface area contributed by atoms with E-state index in [1.165, 1.54) is 18.3 Å². The molecule has 41 heavy (non-hydrogen) atoms. The van der Waals surface area contributed by atoms with Crippen LogP contribution in [-0.4, -0.2) is 27.6 Å². The maximum Gasteiger partial charge on any atom is 0.242 e. The van der Waals surface area contributed by atoms with Gasteiger partial charge in [0.15, 0.2) is 11.5 Å². The summed E-state index contributed by atoms with van der Waals surface area (Å²) in [5.74, 6) is 0.637. The van der Waals surface area contributed by atoms with E-state index in [0.29, 0.717) is 29.2 Å². The second-order valence-corrected chi connectivity index (χ2v) is 11.9. The highest BCUT2D eigenvalue weighted by molar-refractivity contribution is 9.10. The average molecular weight is 637 g/mol. The van der Waals surface area contributed by atoms with E-state index in [9.17, 15) is 13.2 Å². The third-order valence-corrected chi connectivity index (χ3v) is 8.13. The summed E-state index contributed by atoms with van der Waals surface area (Å²) in [5.41, 5.74) is 5.78. The van der Waals surface area contributed by atoms with Gasteiger partial charge in [0.05, 0.1) is 24.3 Å². The number of rotatable bonds is 12. The summed E-state index contributed by atoms with van der Waals surface area (Å²) in [6.07, 6.45) is 1.32. The van der Waals surface area contributed by atoms with Crippen molar-refractivity contribution >= 4 is 38.1 Å². The van der Waals surface area contributed by atoms with Crippen molar-refractivity contribution in [2.75, 3.05) is 7.11 Å². The summed E-state index contributed by atoms with van der Waals surface area (Å²) >= 11 is 3.42. The van der Waals surface area contributed by atoms with Crippen LogP contribution in [0.1, 0.15) is 34.7 Å². The first-order chi connectivity index (χ1) is 19.7. The molecule has 8 nitrogen and oxygen atoms in total. The predicted molar refractivity (Wildman–Crippen MR) is 163 cm³/mol. The SMILES string of the molecule is COc1cc(/C=N\NC(=O)C[C@@H](NS(=O)(=O)c2ccc(C)cc2)c2ccccc2)ccc1OCc1ccc(Br)cc1. The highest BCUT2D eigenvalue weighted by Crippen LogP contribution is 2.28. The van der Waals surface area contributed by atoms with Crippen LogP contribution in [-0.2, 0) is 21.4 Å². The molecule has 4 rings (SSSR count). The van der Waals surface area contributed by atoms with Crippen LogP contribution in [0.5, 0.6) is 11.5 Å². The molecular weight excluding hydrogens is 606 g/mol. The number of nitrogens with one attached hydrogen (secondary N) is 2. The van der Waals surface area contributed by atoms with Crippen LogP contribution in [0.15, 0.2) is 112 Å². The molecular formula is C31H30BrN3O5S. The lowest BCUT2D eigenvalue weighted by Crippen LogP contribution is -2.32. The molecule has 0 spiro atoms. The third-order valence-electron chi connectivity index (χ3n) is 6.12. The number of sulfonamides is 1. The van der Waals surface area contributed by atoms with E-state index >= 15 is 0 Å². The molecule has 0 bridgehead atoms. The number of hydrogen-bond donors (Lipinski definition) is 2. The number of hydrogen-bond acceptors (Lipinski definition) is 6. The van der Waals surface area contributed by atoms with Gasteiger partial charge in [-0.2, -0.15) is 5.10 Å². The first-order valence-corrected chi connectivity index (χ1v) is 15.0. The Kier molecular flexibility index (Phi) is 10.3. The van der Waals surface area contributed by atoms with Crippen molar-refractivity contribution in [3.05, 3.63) is 124 Å². The van der Waals surface area contributed by atoms with Gasteiger partial charge in [-0.15, -0.1) is 0 Å². The van der Waals surface area contributed by atoms with Crippen LogP contribution < -0.4 is 19.6 Å². The summed E-state index contributed by atoms with van der Waals surface area (Å²) in [4.78, 5) is 12.9. The molecule has 0 heterocycles. The Morgan fingerprint density at radius 1 is 0.951 bits per heavy atom. The Morgan fingerprint density at radius 3 is 2.34 bits per heavy atom. The molecule has 0 aromatic heterocycles. The quantitative estimate of drug-likeness (QED) is 0.149. The zero-order chi connectivity index (χ0) is 29.2. The minimum Gasteiger partial charge on any atom is -0.493 e. The topological polar surface area (TPSA) is 106 Å². The van der Waals surface area contributed by atoms with Gasteiger partial charge in [0, 0.05) is 10.9 Å². The molecule has 0 fully saturated rings. The molecule has 2 N–H and O–H groups in total. The first kappa shape index (κ1) is 30.0. The Balaban J connectivity index is 1.39. The minimum absolute atomic E-state index is 0.126. The average Bonchev–Trinajstić information content (AvgIpc) is 2.97. The van der Waals surface area contributed by atoms with Crippen LogP contribution in [0.4, 0.5) is 0 Å². The van der Waals surface area contributed by atoms with Crippen molar-refractivity contribution in [2.24, 2.45) is 5.10 Å². The summed E-state index contributed by atoms with van der Waals surface area (Å²) in [5, 5.41) is 4.06. The fourth-order valence-electron chi connectivity index (χ4n) is 3.92. The normalized spacial score (nSPS) is 12.2. The lowest BCUT2D eigenvalue weighted by molar-refractivity contribution is -0.121. The van der Waals surface area contributed by atoms with Gasteiger partial charge in [0.1, 0.15) is 6.61 Å². The monoisotopic (exact) mass is 635 g/mol. The number of hydrazone groups is 1. The standard InChI is InChI=1S/C31H30BrN3O5S/c1-22-8-15-27(16-9-22)41(37,38)35-28(25-6-4-3-5-7-25)19-31(36)34-33-20-24-12-17-29(30(18-24)39-2)40-21-23-10-13-26(32)14-11-23/h3-18,20,28,35H,19,21H2,1-2H3,(H,34,36)/b33-20-/t28-/m1/s1. The van der Waals surface area contributed by atoms with Gasteiger partial charge in [-0.05, 0) is 66.1 Å². The Morgan fingerprint density at radius 2 is 1.66 bits per heavy atom. The number of halogens is 1. The van der Waals surface area contributed by atoms with E-state index < -0.39 is 22.0 Å². The van der Waals surface area contributed by atoms with E-state index in [0.717, 1.165) is 15.6 Å². The van der Waals surface area contributed by atoms with Gasteiger partial charge < -0.3 is 9.47 Å². The number of ether oxygens (including phenoxy) is 2. The second-order valence-electron chi connectivity index (χ2n) is 9.22. The van der Waals surface area contributed by atoms with Crippen molar-refractivity contribution in [1.82, 2.24) is 10.1 Å². The van der Waals surface area contributed by atoms with Crippen LogP contribution in [0.2, 0.25) is 0 Å². The van der Waals surface area contributed by atoms with E-state index in [1.807, 2.05) is 37.3 Å². The molecule has 4 aromatic rings. The van der Waals surface area contributed by atoms with Gasteiger partial charge in [0.25, 0.3) is 0 Å². The molecule has 0 aliphatic heterocycles. The van der Waals surface area contributed by atoms with Crippen LogP contribution >= 0.6 is 15.9 Å². The number of benzene rings is 4. The molecule has 0 aliphatic carbocycles. The molecule has 10 heteroatoms. The lowest BCUT2D eigenvalue weighted by atomic mass is 10.0. The number of carbonyl (C=O) groups is 1. The zero-order valence-electron chi connectivity index (χ0n) is 22.6. The van der Waals surface area contributed by atoms with Gasteiger partial charge in [-0.3, -0.25) is 4.79 Å². The molecule has 1 amide bonds. The summed E-state index contributed by atoms with van der Waals surface area (Å²) in [6.45, 7) is 2.26. The molecule has 4 aromatic carbocycles. The highest BCUT2D eigenvalue weighted by Gasteiger charge is 2.23. The third kappa shape index (κ3) is 8.75. The van der Waals surface area contributed by atoms with Crippen LogP contribution in [0.25, 0.3) is 0 Å². The molecule has 0 saturated carbocycles. The van der Waals surface area contributed by atoms with Gasteiger partial charge in [-0.1, -0.05) is 76.1 Å². The minimum atomic E-state index is -3.87. The van der Waals surface area contributed by atoms with E-state index in [1.54, 1.807) is 61.7 Å². The zero-order valence-corrected chi connectivity index (χ0v) is 25.0. The smallest absolute Gasteiger partial charge is 0.242 e. The Labute approximate surface area is 248 Å². The second kappa shape index (κ2) is 14.1. The number of methoxy groups -OCH3 is 1.